The zero-order valence-corrected chi connectivity index (χ0v) is 18.6. The maximum atomic E-state index is 13.1. The summed E-state index contributed by atoms with van der Waals surface area (Å²) in [5.41, 5.74) is 0. The first-order valence-electron chi connectivity index (χ1n) is 10.6. The number of nitrogens with zero attached hydrogens (tertiary/aromatic N) is 3. The van der Waals surface area contributed by atoms with Crippen LogP contribution in [0.2, 0.25) is 4.34 Å². The van der Waals surface area contributed by atoms with Gasteiger partial charge in [0.2, 0.25) is 5.91 Å². The molecular weight excluding hydrogens is 428 g/mol. The number of hydrogen-bond acceptors (Lipinski definition) is 5. The summed E-state index contributed by atoms with van der Waals surface area (Å²) in [6, 6.07) is 0.141. The quantitative estimate of drug-likeness (QED) is 0.639. The highest BCUT2D eigenvalue weighted by Gasteiger charge is 2.35. The lowest BCUT2D eigenvalue weighted by atomic mass is 9.91. The third-order valence-electron chi connectivity index (χ3n) is 5.89. The van der Waals surface area contributed by atoms with E-state index in [4.69, 9.17) is 16.7 Å². The van der Waals surface area contributed by atoms with Crippen molar-refractivity contribution in [3.05, 3.63) is 10.5 Å². The molecule has 1 aromatic rings. The van der Waals surface area contributed by atoms with Crippen LogP contribution in [0.4, 0.5) is 9.93 Å². The molecular formula is C20H29ClN4O4S. The lowest BCUT2D eigenvalue weighted by Crippen LogP contribution is -2.54. The van der Waals surface area contributed by atoms with E-state index in [1.54, 1.807) is 4.90 Å². The normalized spacial score (nSPS) is 18.2. The fourth-order valence-electron chi connectivity index (χ4n) is 4.40. The van der Waals surface area contributed by atoms with Gasteiger partial charge in [0.1, 0.15) is 4.34 Å². The monoisotopic (exact) mass is 456 g/mol. The molecule has 0 bridgehead atoms. The molecule has 0 aromatic carbocycles. The Balaban J connectivity index is 1.59. The van der Waals surface area contributed by atoms with Gasteiger partial charge >= 0.3 is 12.0 Å². The number of nitrogens with one attached hydrogen (secondary N) is 1. The van der Waals surface area contributed by atoms with Crippen LogP contribution in [-0.4, -0.2) is 63.0 Å². The summed E-state index contributed by atoms with van der Waals surface area (Å²) in [6.07, 6.45) is 9.07. The Labute approximate surface area is 185 Å². The standard InChI is InChI=1S/C20H29ClN4O4S/c21-16-13-22-19(30-16)23-20(29)25(14-5-2-1-3-6-14)15-9-11-24(12-10-15)17(26)7-4-8-18(27)28/h13-15H,1-12H2,(H,27,28)(H,22,23,29). The number of anilines is 1. The summed E-state index contributed by atoms with van der Waals surface area (Å²) >= 11 is 7.18. The van der Waals surface area contributed by atoms with E-state index in [2.05, 4.69) is 10.3 Å². The summed E-state index contributed by atoms with van der Waals surface area (Å²) < 4.78 is 0.532. The van der Waals surface area contributed by atoms with Crippen LogP contribution < -0.4 is 5.32 Å². The number of aliphatic carboxylic acids is 1. The molecule has 8 nitrogen and oxygen atoms in total. The van der Waals surface area contributed by atoms with Gasteiger partial charge in [-0.1, -0.05) is 42.2 Å². The van der Waals surface area contributed by atoms with Gasteiger partial charge in [0.15, 0.2) is 5.13 Å². The Kier molecular flexibility index (Phi) is 8.32. The molecule has 0 radical (unpaired) electrons. The number of rotatable bonds is 7. The first-order chi connectivity index (χ1) is 14.4. The van der Waals surface area contributed by atoms with Gasteiger partial charge in [-0.05, 0) is 32.1 Å². The maximum Gasteiger partial charge on any atom is 0.324 e. The average molecular weight is 457 g/mol. The van der Waals surface area contributed by atoms with Crippen molar-refractivity contribution in [2.24, 2.45) is 0 Å². The molecule has 2 fully saturated rings. The van der Waals surface area contributed by atoms with Crippen LogP contribution in [0.3, 0.4) is 0 Å². The van der Waals surface area contributed by atoms with Crippen molar-refractivity contribution < 1.29 is 19.5 Å². The van der Waals surface area contributed by atoms with Crippen molar-refractivity contribution in [2.75, 3.05) is 18.4 Å². The number of hydrogen-bond donors (Lipinski definition) is 2. The largest absolute Gasteiger partial charge is 0.481 e. The van der Waals surface area contributed by atoms with Gasteiger partial charge in [-0.3, -0.25) is 14.9 Å². The van der Waals surface area contributed by atoms with Crippen LogP contribution in [0, 0.1) is 0 Å². The van der Waals surface area contributed by atoms with Crippen molar-refractivity contribution in [2.45, 2.75) is 76.3 Å². The Morgan fingerprint density at radius 2 is 1.80 bits per heavy atom. The fourth-order valence-corrected chi connectivity index (χ4v) is 5.20. The molecule has 0 unspecified atom stereocenters. The number of piperidine rings is 1. The Morgan fingerprint density at radius 1 is 1.13 bits per heavy atom. The number of carbonyl (C=O) groups excluding carboxylic acids is 2. The number of likely N-dealkylation sites (tertiary alicyclic amines) is 1. The van der Waals surface area contributed by atoms with Crippen LogP contribution in [0.15, 0.2) is 6.20 Å². The minimum atomic E-state index is -0.878. The maximum absolute atomic E-state index is 13.1. The molecule has 1 aromatic heterocycles. The summed E-state index contributed by atoms with van der Waals surface area (Å²) in [5, 5.41) is 12.1. The zero-order valence-electron chi connectivity index (χ0n) is 17.0. The van der Waals surface area contributed by atoms with E-state index in [1.165, 1.54) is 24.0 Å². The van der Waals surface area contributed by atoms with Crippen LogP contribution in [0.1, 0.15) is 64.2 Å². The third-order valence-corrected chi connectivity index (χ3v) is 6.92. The predicted octanol–water partition coefficient (Wildman–Crippen LogP) is 4.21. The molecule has 30 heavy (non-hydrogen) atoms. The molecule has 2 aliphatic rings. The topological polar surface area (TPSA) is 103 Å². The van der Waals surface area contributed by atoms with Gasteiger partial charge in [-0.15, -0.1) is 0 Å². The number of carbonyl (C=O) groups is 3. The zero-order chi connectivity index (χ0) is 21.5. The van der Waals surface area contributed by atoms with Crippen molar-refractivity contribution >= 4 is 46.0 Å². The van der Waals surface area contributed by atoms with Crippen molar-refractivity contribution in [1.82, 2.24) is 14.8 Å². The lowest BCUT2D eigenvalue weighted by Gasteiger charge is -2.43. The minimum absolute atomic E-state index is 0.000736. The van der Waals surface area contributed by atoms with E-state index < -0.39 is 5.97 Å². The molecule has 2 heterocycles. The van der Waals surface area contributed by atoms with E-state index in [0.717, 1.165) is 38.5 Å². The Hall–Kier alpha value is -1.87. The van der Waals surface area contributed by atoms with Gasteiger partial charge < -0.3 is 14.9 Å². The molecule has 0 atom stereocenters. The number of amides is 3. The second-order valence-electron chi connectivity index (χ2n) is 7.96. The highest BCUT2D eigenvalue weighted by molar-refractivity contribution is 7.19. The third kappa shape index (κ3) is 6.31. The summed E-state index contributed by atoms with van der Waals surface area (Å²) in [4.78, 5) is 44.1. The Bertz CT molecular complexity index is 745. The fraction of sp³-hybridized carbons (Fsp3) is 0.700. The molecule has 0 spiro atoms. The Morgan fingerprint density at radius 3 is 2.40 bits per heavy atom. The van der Waals surface area contributed by atoms with E-state index in [-0.39, 0.29) is 36.9 Å². The van der Waals surface area contributed by atoms with Crippen molar-refractivity contribution in [1.29, 1.82) is 0 Å². The van der Waals surface area contributed by atoms with Crippen LogP contribution in [-0.2, 0) is 9.59 Å². The van der Waals surface area contributed by atoms with E-state index >= 15 is 0 Å². The van der Waals surface area contributed by atoms with Crippen molar-refractivity contribution in [3.63, 3.8) is 0 Å². The number of halogens is 1. The molecule has 1 saturated carbocycles. The second kappa shape index (κ2) is 10.9. The smallest absolute Gasteiger partial charge is 0.324 e. The van der Waals surface area contributed by atoms with Gasteiger partial charge in [0.25, 0.3) is 0 Å². The molecule has 10 heteroatoms. The van der Waals surface area contributed by atoms with Crippen LogP contribution >= 0.6 is 22.9 Å². The van der Waals surface area contributed by atoms with Crippen molar-refractivity contribution in [3.8, 4) is 0 Å². The van der Waals surface area contributed by atoms with Crippen LogP contribution in [0.5, 0.6) is 0 Å². The number of aromatic nitrogens is 1. The first kappa shape index (κ1) is 22.8. The average Bonchev–Trinajstić information content (AvgIpc) is 3.13. The highest BCUT2D eigenvalue weighted by atomic mass is 35.5. The lowest BCUT2D eigenvalue weighted by molar-refractivity contribution is -0.137. The number of urea groups is 1. The minimum Gasteiger partial charge on any atom is -0.481 e. The first-order valence-corrected chi connectivity index (χ1v) is 11.8. The molecule has 3 amide bonds. The van der Waals surface area contributed by atoms with Gasteiger partial charge in [0.05, 0.1) is 6.20 Å². The van der Waals surface area contributed by atoms with Gasteiger partial charge in [-0.25, -0.2) is 9.78 Å². The predicted molar refractivity (Wildman–Crippen MR) is 116 cm³/mol. The summed E-state index contributed by atoms with van der Waals surface area (Å²) in [5.74, 6) is -0.877. The summed E-state index contributed by atoms with van der Waals surface area (Å²) in [7, 11) is 0. The summed E-state index contributed by atoms with van der Waals surface area (Å²) in [6.45, 7) is 1.19. The molecule has 2 N–H and O–H groups in total. The number of carboxylic acids is 1. The van der Waals surface area contributed by atoms with E-state index in [1.807, 2.05) is 4.90 Å². The number of thiazole rings is 1. The molecule has 3 rings (SSSR count). The molecule has 1 saturated heterocycles. The second-order valence-corrected chi connectivity index (χ2v) is 9.62. The van der Waals surface area contributed by atoms with E-state index in [0.29, 0.717) is 29.0 Å². The molecule has 166 valence electrons. The number of carboxylic acid groups (broad SMARTS) is 1. The molecule has 1 aliphatic carbocycles. The van der Waals surface area contributed by atoms with Gasteiger partial charge in [0, 0.05) is 38.0 Å². The highest BCUT2D eigenvalue weighted by Crippen LogP contribution is 2.30. The molecule has 1 aliphatic heterocycles. The SMILES string of the molecule is O=C(O)CCCC(=O)N1CCC(N(C(=O)Nc2ncc(Cl)s2)C2CCCCC2)CC1. The van der Waals surface area contributed by atoms with Gasteiger partial charge in [-0.2, -0.15) is 0 Å². The van der Waals surface area contributed by atoms with E-state index in [9.17, 15) is 14.4 Å². The van der Waals surface area contributed by atoms with Crippen LogP contribution in [0.25, 0.3) is 0 Å².